The monoisotopic (exact) mass is 346 g/mol. The van der Waals surface area contributed by atoms with E-state index < -0.39 is 0 Å². The third kappa shape index (κ3) is 3.00. The van der Waals surface area contributed by atoms with Gasteiger partial charge in [-0.2, -0.15) is 9.62 Å². The first-order valence-corrected chi connectivity index (χ1v) is 6.85. The van der Waals surface area contributed by atoms with Gasteiger partial charge in [-0.15, -0.1) is 15.3 Å². The minimum Gasteiger partial charge on any atom is -0.496 e. The number of benzene rings is 1. The Labute approximate surface area is 128 Å². The van der Waals surface area contributed by atoms with Crippen molar-refractivity contribution in [2.45, 2.75) is 0 Å². The molecule has 0 bridgehead atoms. The van der Waals surface area contributed by atoms with Crippen LogP contribution in [-0.4, -0.2) is 33.1 Å². The van der Waals surface area contributed by atoms with Gasteiger partial charge in [0.15, 0.2) is 11.5 Å². The van der Waals surface area contributed by atoms with Crippen LogP contribution >= 0.6 is 15.9 Å². The van der Waals surface area contributed by atoms with Crippen LogP contribution in [0.3, 0.4) is 0 Å². The molecular formula is C13H11BrN6O. The molecule has 0 aliphatic heterocycles. The SMILES string of the molecule is COc1ccc(Br)cc1/C=N/Nc1ccc2nncn2n1. The van der Waals surface area contributed by atoms with E-state index in [1.165, 1.54) is 6.33 Å². The highest BCUT2D eigenvalue weighted by molar-refractivity contribution is 9.10. The molecule has 0 amide bonds. The van der Waals surface area contributed by atoms with Crippen LogP contribution in [0.2, 0.25) is 0 Å². The third-order valence-electron chi connectivity index (χ3n) is 2.74. The number of hydrogen-bond donors (Lipinski definition) is 1. The Kier molecular flexibility index (Phi) is 3.78. The lowest BCUT2D eigenvalue weighted by Crippen LogP contribution is -1.98. The zero-order valence-corrected chi connectivity index (χ0v) is 12.6. The molecule has 21 heavy (non-hydrogen) atoms. The molecule has 2 heterocycles. The van der Waals surface area contributed by atoms with Gasteiger partial charge in [0.1, 0.15) is 12.1 Å². The van der Waals surface area contributed by atoms with Crippen LogP contribution in [0.25, 0.3) is 5.65 Å². The molecule has 3 rings (SSSR count). The van der Waals surface area contributed by atoms with Crippen molar-refractivity contribution in [2.75, 3.05) is 12.5 Å². The number of hydrogen-bond acceptors (Lipinski definition) is 6. The summed E-state index contributed by atoms with van der Waals surface area (Å²) in [6, 6.07) is 9.27. The summed E-state index contributed by atoms with van der Waals surface area (Å²) in [5.41, 5.74) is 4.39. The maximum absolute atomic E-state index is 5.27. The van der Waals surface area contributed by atoms with Crippen molar-refractivity contribution in [3.63, 3.8) is 0 Å². The predicted molar refractivity (Wildman–Crippen MR) is 82.7 cm³/mol. The minimum atomic E-state index is 0.590. The van der Waals surface area contributed by atoms with E-state index in [0.717, 1.165) is 15.8 Å². The molecule has 0 aliphatic carbocycles. The Morgan fingerprint density at radius 1 is 1.33 bits per heavy atom. The highest BCUT2D eigenvalue weighted by Gasteiger charge is 2.01. The number of nitrogens with one attached hydrogen (secondary N) is 1. The molecule has 3 aromatic rings. The van der Waals surface area contributed by atoms with E-state index in [9.17, 15) is 0 Å². The van der Waals surface area contributed by atoms with E-state index in [0.29, 0.717) is 11.5 Å². The number of hydrazone groups is 1. The molecule has 2 aromatic heterocycles. The number of rotatable bonds is 4. The number of anilines is 1. The Morgan fingerprint density at radius 3 is 3.10 bits per heavy atom. The Bertz CT molecular complexity index is 800. The fraction of sp³-hybridized carbons (Fsp3) is 0.0769. The molecule has 0 saturated carbocycles. The second kappa shape index (κ2) is 5.88. The van der Waals surface area contributed by atoms with Gasteiger partial charge in [0.25, 0.3) is 0 Å². The standard InChI is InChI=1S/C13H11BrN6O/c1-21-11-3-2-10(14)6-9(11)7-15-17-12-4-5-13-18-16-8-20(13)19-12/h2-8H,1H3,(H,17,19)/b15-7+. The second-order valence-corrected chi connectivity index (χ2v) is 5.02. The van der Waals surface area contributed by atoms with Gasteiger partial charge in [0.2, 0.25) is 0 Å². The van der Waals surface area contributed by atoms with E-state index in [1.54, 1.807) is 30.0 Å². The highest BCUT2D eigenvalue weighted by Crippen LogP contribution is 2.21. The third-order valence-corrected chi connectivity index (χ3v) is 3.23. The summed E-state index contributed by atoms with van der Waals surface area (Å²) in [6.07, 6.45) is 3.20. The lowest BCUT2D eigenvalue weighted by Gasteiger charge is -2.04. The quantitative estimate of drug-likeness (QED) is 0.579. The molecule has 1 aromatic carbocycles. The Hall–Kier alpha value is -2.48. The van der Waals surface area contributed by atoms with Crippen LogP contribution in [0, 0.1) is 0 Å². The molecule has 0 aliphatic rings. The van der Waals surface area contributed by atoms with E-state index in [1.807, 2.05) is 18.2 Å². The molecule has 0 radical (unpaired) electrons. The van der Waals surface area contributed by atoms with Gasteiger partial charge < -0.3 is 4.74 Å². The lowest BCUT2D eigenvalue weighted by molar-refractivity contribution is 0.414. The lowest BCUT2D eigenvalue weighted by atomic mass is 10.2. The maximum Gasteiger partial charge on any atom is 0.177 e. The Balaban J connectivity index is 1.78. The van der Waals surface area contributed by atoms with Crippen LogP contribution in [0.5, 0.6) is 5.75 Å². The van der Waals surface area contributed by atoms with Crippen molar-refractivity contribution in [1.29, 1.82) is 0 Å². The van der Waals surface area contributed by atoms with Crippen molar-refractivity contribution in [1.82, 2.24) is 19.8 Å². The average molecular weight is 347 g/mol. The number of nitrogens with zero attached hydrogens (tertiary/aromatic N) is 5. The summed E-state index contributed by atoms with van der Waals surface area (Å²) in [5, 5.41) is 16.1. The summed E-state index contributed by atoms with van der Waals surface area (Å²) in [5.74, 6) is 1.33. The van der Waals surface area contributed by atoms with Crippen molar-refractivity contribution in [3.05, 3.63) is 46.7 Å². The van der Waals surface area contributed by atoms with E-state index >= 15 is 0 Å². The van der Waals surface area contributed by atoms with Crippen molar-refractivity contribution >= 4 is 33.6 Å². The van der Waals surface area contributed by atoms with Gasteiger partial charge >= 0.3 is 0 Å². The molecule has 0 spiro atoms. The van der Waals surface area contributed by atoms with Crippen molar-refractivity contribution < 1.29 is 4.74 Å². The molecule has 0 saturated heterocycles. The molecule has 106 valence electrons. The number of aromatic nitrogens is 4. The van der Waals surface area contributed by atoms with Crippen molar-refractivity contribution in [2.24, 2.45) is 5.10 Å². The summed E-state index contributed by atoms with van der Waals surface area (Å²) < 4.78 is 7.79. The fourth-order valence-electron chi connectivity index (χ4n) is 1.76. The van der Waals surface area contributed by atoms with Gasteiger partial charge in [-0.3, -0.25) is 5.43 Å². The van der Waals surface area contributed by atoms with Crippen LogP contribution in [-0.2, 0) is 0 Å². The molecule has 8 heteroatoms. The molecule has 7 nitrogen and oxygen atoms in total. The molecular weight excluding hydrogens is 336 g/mol. The van der Waals surface area contributed by atoms with Crippen LogP contribution in [0.1, 0.15) is 5.56 Å². The van der Waals surface area contributed by atoms with Crippen LogP contribution in [0.4, 0.5) is 5.82 Å². The maximum atomic E-state index is 5.27. The number of ether oxygens (including phenoxy) is 1. The van der Waals surface area contributed by atoms with E-state index in [-0.39, 0.29) is 0 Å². The summed E-state index contributed by atoms with van der Waals surface area (Å²) in [7, 11) is 1.62. The van der Waals surface area contributed by atoms with Gasteiger partial charge in [-0.1, -0.05) is 15.9 Å². The van der Waals surface area contributed by atoms with Gasteiger partial charge in [-0.05, 0) is 30.3 Å². The normalized spacial score (nSPS) is 11.1. The number of halogens is 1. The van der Waals surface area contributed by atoms with Crippen LogP contribution < -0.4 is 10.2 Å². The van der Waals surface area contributed by atoms with Crippen molar-refractivity contribution in [3.8, 4) is 5.75 Å². The zero-order chi connectivity index (χ0) is 14.7. The predicted octanol–water partition coefficient (Wildman–Crippen LogP) is 2.34. The summed E-state index contributed by atoms with van der Waals surface area (Å²) >= 11 is 3.42. The van der Waals surface area contributed by atoms with Crippen LogP contribution in [0.15, 0.2) is 46.2 Å². The molecule has 1 N–H and O–H groups in total. The topological polar surface area (TPSA) is 76.7 Å². The second-order valence-electron chi connectivity index (χ2n) is 4.11. The fourth-order valence-corrected chi connectivity index (χ4v) is 2.14. The largest absolute Gasteiger partial charge is 0.496 e. The first-order chi connectivity index (χ1) is 10.3. The minimum absolute atomic E-state index is 0.590. The first-order valence-electron chi connectivity index (χ1n) is 6.06. The summed E-state index contributed by atoms with van der Waals surface area (Å²) in [6.45, 7) is 0. The number of fused-ring (bicyclic) bond motifs is 1. The van der Waals surface area contributed by atoms with Gasteiger partial charge in [0.05, 0.1) is 13.3 Å². The van der Waals surface area contributed by atoms with E-state index in [4.69, 9.17) is 4.74 Å². The molecule has 0 unspecified atom stereocenters. The highest BCUT2D eigenvalue weighted by atomic mass is 79.9. The average Bonchev–Trinajstić information content (AvgIpc) is 2.95. The summed E-state index contributed by atoms with van der Waals surface area (Å²) in [4.78, 5) is 0. The Morgan fingerprint density at radius 2 is 2.24 bits per heavy atom. The number of methoxy groups -OCH3 is 1. The molecule has 0 atom stereocenters. The zero-order valence-electron chi connectivity index (χ0n) is 11.1. The van der Waals surface area contributed by atoms with Gasteiger partial charge in [-0.25, -0.2) is 0 Å². The van der Waals surface area contributed by atoms with Gasteiger partial charge in [0, 0.05) is 10.0 Å². The first kappa shape index (κ1) is 13.5. The smallest absolute Gasteiger partial charge is 0.177 e. The molecule has 0 fully saturated rings. The van der Waals surface area contributed by atoms with E-state index in [2.05, 4.69) is 41.8 Å².